The fraction of sp³-hybridized carbons (Fsp3) is 0.300. The Morgan fingerprint density at radius 1 is 1.44 bits per heavy atom. The molecule has 0 saturated carbocycles. The number of rotatable bonds is 4. The maximum Gasteiger partial charge on any atom is 0.328 e. The second-order valence-electron chi connectivity index (χ2n) is 3.54. The van der Waals surface area contributed by atoms with Crippen molar-refractivity contribution in [3.05, 3.63) is 22.7 Å². The molecule has 1 aromatic rings. The van der Waals surface area contributed by atoms with Gasteiger partial charge in [-0.15, -0.1) is 0 Å². The zero-order valence-corrected chi connectivity index (χ0v) is 12.1. The number of benzene rings is 1. The molecule has 2 amide bonds. The van der Waals surface area contributed by atoms with Gasteiger partial charge in [0.25, 0.3) is 10.0 Å². The molecule has 0 saturated heterocycles. The van der Waals surface area contributed by atoms with E-state index in [9.17, 15) is 13.2 Å². The molecule has 4 N–H and O–H groups in total. The predicted molar refractivity (Wildman–Crippen MR) is 72.6 cm³/mol. The lowest BCUT2D eigenvalue weighted by atomic mass is 10.3. The van der Waals surface area contributed by atoms with Crippen LogP contribution in [-0.2, 0) is 10.0 Å². The summed E-state index contributed by atoms with van der Waals surface area (Å²) in [4.78, 5) is 11.2. The maximum absolute atomic E-state index is 11.9. The van der Waals surface area contributed by atoms with Gasteiger partial charge in [0.05, 0.1) is 5.69 Å². The highest BCUT2D eigenvalue weighted by Gasteiger charge is 2.20. The quantitative estimate of drug-likeness (QED) is 0.724. The normalized spacial score (nSPS) is 11.0. The van der Waals surface area contributed by atoms with Crippen LogP contribution in [0.2, 0.25) is 0 Å². The smallest absolute Gasteiger partial charge is 0.328 e. The summed E-state index contributed by atoms with van der Waals surface area (Å²) in [6.07, 6.45) is 0.715. The van der Waals surface area contributed by atoms with Crippen LogP contribution in [0.25, 0.3) is 0 Å². The van der Waals surface area contributed by atoms with Crippen molar-refractivity contribution in [3.63, 3.8) is 0 Å². The van der Waals surface area contributed by atoms with Crippen LogP contribution in [0.15, 0.2) is 27.6 Å². The third-order valence-corrected chi connectivity index (χ3v) is 3.91. The Bertz CT molecular complexity index is 545. The highest BCUT2D eigenvalue weighted by atomic mass is 79.9. The molecule has 0 radical (unpaired) electrons. The number of hydrogen-bond donors (Lipinski definition) is 3. The molecule has 0 fully saturated rings. The molecule has 1 rings (SSSR count). The molecule has 1 aromatic carbocycles. The molecular weight excluding hydrogens is 322 g/mol. The minimum Gasteiger partial charge on any atom is -0.398 e. The molecule has 6 nitrogen and oxygen atoms in total. The summed E-state index contributed by atoms with van der Waals surface area (Å²) < 4.78 is 26.3. The van der Waals surface area contributed by atoms with E-state index in [0.717, 1.165) is 0 Å². The van der Waals surface area contributed by atoms with Crippen molar-refractivity contribution < 1.29 is 13.2 Å². The summed E-state index contributed by atoms with van der Waals surface area (Å²) in [5.41, 5.74) is 5.66. The monoisotopic (exact) mass is 335 g/mol. The van der Waals surface area contributed by atoms with E-state index in [1.807, 2.05) is 11.6 Å². The summed E-state index contributed by atoms with van der Waals surface area (Å²) in [5, 5.41) is 2.41. The Balaban J connectivity index is 2.93. The Hall–Kier alpha value is -1.28. The number of sulfonamides is 1. The molecule has 18 heavy (non-hydrogen) atoms. The summed E-state index contributed by atoms with van der Waals surface area (Å²) in [6, 6.07) is 3.63. The topological polar surface area (TPSA) is 101 Å². The predicted octanol–water partition coefficient (Wildman–Crippen LogP) is 1.43. The third kappa shape index (κ3) is 3.88. The van der Waals surface area contributed by atoms with Gasteiger partial charge in [0.1, 0.15) is 4.90 Å². The van der Waals surface area contributed by atoms with Gasteiger partial charge < -0.3 is 11.1 Å². The van der Waals surface area contributed by atoms with Gasteiger partial charge in [-0.1, -0.05) is 22.9 Å². The number of urea groups is 1. The number of anilines is 1. The van der Waals surface area contributed by atoms with E-state index in [0.29, 0.717) is 17.4 Å². The lowest BCUT2D eigenvalue weighted by molar-refractivity contribution is 0.246. The molecule has 0 spiro atoms. The SMILES string of the molecule is CCCNC(=O)NS(=O)(=O)c1cc(Br)ccc1N. The van der Waals surface area contributed by atoms with Crippen LogP contribution in [0.3, 0.4) is 0 Å². The standard InChI is InChI=1S/C10H14BrN3O3S/c1-2-5-13-10(15)14-18(16,17)9-6-7(11)3-4-8(9)12/h3-4,6H,2,5,12H2,1H3,(H2,13,14,15). The van der Waals surface area contributed by atoms with Crippen molar-refractivity contribution in [2.24, 2.45) is 0 Å². The Labute approximate surface area is 114 Å². The first-order valence-electron chi connectivity index (χ1n) is 5.22. The van der Waals surface area contributed by atoms with Crippen molar-refractivity contribution in [1.82, 2.24) is 10.0 Å². The second-order valence-corrected chi connectivity index (χ2v) is 6.11. The number of nitrogens with two attached hydrogens (primary N) is 1. The van der Waals surface area contributed by atoms with Crippen molar-refractivity contribution in [2.45, 2.75) is 18.2 Å². The van der Waals surface area contributed by atoms with Crippen molar-refractivity contribution >= 4 is 37.7 Å². The Morgan fingerprint density at radius 2 is 2.11 bits per heavy atom. The van der Waals surface area contributed by atoms with E-state index in [-0.39, 0.29) is 10.6 Å². The molecule has 100 valence electrons. The number of amides is 2. The van der Waals surface area contributed by atoms with E-state index in [1.165, 1.54) is 12.1 Å². The van der Waals surface area contributed by atoms with E-state index in [4.69, 9.17) is 5.73 Å². The zero-order valence-electron chi connectivity index (χ0n) is 9.73. The van der Waals surface area contributed by atoms with Gasteiger partial charge in [-0.05, 0) is 24.6 Å². The van der Waals surface area contributed by atoms with Crippen LogP contribution >= 0.6 is 15.9 Å². The summed E-state index contributed by atoms with van der Waals surface area (Å²) in [5.74, 6) is 0. The molecule has 8 heteroatoms. The first-order chi connectivity index (χ1) is 8.36. The highest BCUT2D eigenvalue weighted by Crippen LogP contribution is 2.22. The van der Waals surface area contributed by atoms with E-state index in [2.05, 4.69) is 21.2 Å². The Kier molecular flexibility index (Phi) is 4.97. The highest BCUT2D eigenvalue weighted by molar-refractivity contribution is 9.10. The first kappa shape index (κ1) is 14.8. The molecule has 0 aromatic heterocycles. The van der Waals surface area contributed by atoms with E-state index < -0.39 is 16.1 Å². The molecule has 0 atom stereocenters. The maximum atomic E-state index is 11.9. The van der Waals surface area contributed by atoms with Gasteiger partial charge in [0.15, 0.2) is 0 Å². The number of carbonyl (C=O) groups is 1. The van der Waals surface area contributed by atoms with Gasteiger partial charge in [-0.3, -0.25) is 0 Å². The van der Waals surface area contributed by atoms with Crippen LogP contribution in [0, 0.1) is 0 Å². The van der Waals surface area contributed by atoms with Gasteiger partial charge in [0.2, 0.25) is 0 Å². The summed E-state index contributed by atoms with van der Waals surface area (Å²) in [7, 11) is -3.96. The summed E-state index contributed by atoms with van der Waals surface area (Å²) >= 11 is 3.15. The summed E-state index contributed by atoms with van der Waals surface area (Å²) in [6.45, 7) is 2.26. The molecule has 0 unspecified atom stereocenters. The lowest BCUT2D eigenvalue weighted by Gasteiger charge is -2.10. The van der Waals surface area contributed by atoms with Crippen LogP contribution in [-0.4, -0.2) is 21.0 Å². The third-order valence-electron chi connectivity index (χ3n) is 2.03. The molecule has 0 heterocycles. The van der Waals surface area contributed by atoms with Crippen LogP contribution in [0.4, 0.5) is 10.5 Å². The fourth-order valence-corrected chi connectivity index (χ4v) is 2.79. The van der Waals surface area contributed by atoms with E-state index in [1.54, 1.807) is 6.07 Å². The number of carbonyl (C=O) groups excluding carboxylic acids is 1. The van der Waals surface area contributed by atoms with Crippen LogP contribution in [0.1, 0.15) is 13.3 Å². The number of nitrogens with one attached hydrogen (secondary N) is 2. The lowest BCUT2D eigenvalue weighted by Crippen LogP contribution is -2.39. The molecular formula is C10H14BrN3O3S. The molecule has 0 bridgehead atoms. The minimum atomic E-state index is -3.96. The number of nitrogen functional groups attached to an aromatic ring is 1. The van der Waals surface area contributed by atoms with Gasteiger partial charge >= 0.3 is 6.03 Å². The van der Waals surface area contributed by atoms with Gasteiger partial charge in [0, 0.05) is 11.0 Å². The van der Waals surface area contributed by atoms with Crippen molar-refractivity contribution in [1.29, 1.82) is 0 Å². The zero-order chi connectivity index (χ0) is 13.8. The van der Waals surface area contributed by atoms with Crippen molar-refractivity contribution in [3.8, 4) is 0 Å². The minimum absolute atomic E-state index is 0.0778. The first-order valence-corrected chi connectivity index (χ1v) is 7.50. The largest absolute Gasteiger partial charge is 0.398 e. The second kappa shape index (κ2) is 6.05. The molecule has 0 aliphatic carbocycles. The van der Waals surface area contributed by atoms with Gasteiger partial charge in [-0.25, -0.2) is 17.9 Å². The average molecular weight is 336 g/mol. The number of hydrogen-bond acceptors (Lipinski definition) is 4. The average Bonchev–Trinajstić information content (AvgIpc) is 2.29. The van der Waals surface area contributed by atoms with Crippen LogP contribution < -0.4 is 15.8 Å². The van der Waals surface area contributed by atoms with Crippen molar-refractivity contribution in [2.75, 3.05) is 12.3 Å². The van der Waals surface area contributed by atoms with Gasteiger partial charge in [-0.2, -0.15) is 0 Å². The molecule has 0 aliphatic heterocycles. The Morgan fingerprint density at radius 3 is 2.72 bits per heavy atom. The van der Waals surface area contributed by atoms with Crippen LogP contribution in [0.5, 0.6) is 0 Å². The molecule has 0 aliphatic rings. The van der Waals surface area contributed by atoms with E-state index >= 15 is 0 Å². The fourth-order valence-electron chi connectivity index (χ4n) is 1.19. The number of halogens is 1.